The largest absolute Gasteiger partial charge is 0.462 e. The van der Waals surface area contributed by atoms with Crippen molar-refractivity contribution in [2.45, 2.75) is 232 Å². The van der Waals surface area contributed by atoms with Crippen LogP contribution in [0.2, 0.25) is 0 Å². The molecule has 0 heterocycles. The Hall–Kier alpha value is -2.14. The number of aliphatic hydroxyl groups is 1. The van der Waals surface area contributed by atoms with Crippen LogP contribution >= 0.6 is 0 Å². The second kappa shape index (κ2) is 44.3. The molecule has 0 fully saturated rings. The van der Waals surface area contributed by atoms with E-state index in [1.807, 2.05) is 0 Å². The number of unbranched alkanes of at least 4 members (excludes halogenated alkanes) is 25. The fraction of sp³-hybridized carbons (Fsp3) is 0.792. The third-order valence-corrected chi connectivity index (χ3v) is 9.88. The number of hydrogen-bond acceptors (Lipinski definition) is 5. The van der Waals surface area contributed by atoms with Gasteiger partial charge in [0.05, 0.1) is 6.61 Å². The normalized spacial score (nSPS) is 12.6. The number of ether oxygens (including phenoxy) is 2. The summed E-state index contributed by atoms with van der Waals surface area (Å²) in [4.78, 5) is 24.3. The first-order valence-electron chi connectivity index (χ1n) is 22.7. The van der Waals surface area contributed by atoms with Gasteiger partial charge in [0.15, 0.2) is 6.10 Å². The van der Waals surface area contributed by atoms with E-state index in [1.165, 1.54) is 148 Å². The van der Waals surface area contributed by atoms with Crippen molar-refractivity contribution in [2.75, 3.05) is 13.2 Å². The number of carbonyl (C=O) groups excluding carboxylic acids is 2. The molecule has 0 aliphatic heterocycles. The SMILES string of the molecule is CCCCCCCCC/C=C/C/C=C/C/C=C/C/C=C/CCCC(=O)O[C@@H](CO)COC(=O)CCCCCCCCCCCCCCCCCCCC. The summed E-state index contributed by atoms with van der Waals surface area (Å²) in [7, 11) is 0. The summed E-state index contributed by atoms with van der Waals surface area (Å²) in [6, 6.07) is 0. The average molecular weight is 743 g/mol. The summed E-state index contributed by atoms with van der Waals surface area (Å²) < 4.78 is 10.6. The van der Waals surface area contributed by atoms with Crippen LogP contribution in [-0.2, 0) is 19.1 Å². The Kier molecular flexibility index (Phi) is 42.5. The van der Waals surface area contributed by atoms with Crippen LogP contribution in [0.25, 0.3) is 0 Å². The smallest absolute Gasteiger partial charge is 0.306 e. The first kappa shape index (κ1) is 50.9. The van der Waals surface area contributed by atoms with Gasteiger partial charge in [-0.2, -0.15) is 0 Å². The van der Waals surface area contributed by atoms with Crippen molar-refractivity contribution < 1.29 is 24.2 Å². The van der Waals surface area contributed by atoms with Gasteiger partial charge in [-0.15, -0.1) is 0 Å². The summed E-state index contributed by atoms with van der Waals surface area (Å²) in [5.74, 6) is -0.649. The third kappa shape index (κ3) is 42.5. The molecular formula is C48H86O5. The number of hydrogen-bond donors (Lipinski definition) is 1. The van der Waals surface area contributed by atoms with Crippen molar-refractivity contribution >= 4 is 11.9 Å². The zero-order chi connectivity index (χ0) is 38.6. The van der Waals surface area contributed by atoms with Crippen LogP contribution in [0.4, 0.5) is 0 Å². The van der Waals surface area contributed by atoms with Gasteiger partial charge in [0.25, 0.3) is 0 Å². The Bertz CT molecular complexity index is 888. The molecule has 308 valence electrons. The standard InChI is InChI=1S/C48H86O5/c1-3-5-7-9-11-13-15-17-19-21-23-24-25-27-29-31-33-35-37-39-41-43-48(51)53-46(44-49)45-52-47(50)42-40-38-36-34-32-30-28-26-22-20-18-16-14-12-10-8-6-4-2/h19,21,24-25,29,31,35,37,46,49H,3-18,20,22-23,26-28,30,32-34,36,38-45H2,1-2H3/b21-19+,25-24+,31-29+,37-35+/t46-/m0/s1. The number of esters is 2. The van der Waals surface area contributed by atoms with Gasteiger partial charge in [-0.1, -0.05) is 210 Å². The number of carbonyl (C=O) groups is 2. The Morgan fingerprint density at radius 2 is 0.774 bits per heavy atom. The maximum absolute atomic E-state index is 12.2. The van der Waals surface area contributed by atoms with Gasteiger partial charge in [-0.3, -0.25) is 9.59 Å². The topological polar surface area (TPSA) is 72.8 Å². The summed E-state index contributed by atoms with van der Waals surface area (Å²) in [5, 5.41) is 9.58. The molecule has 0 rings (SSSR count). The van der Waals surface area contributed by atoms with Crippen molar-refractivity contribution in [3.8, 4) is 0 Å². The van der Waals surface area contributed by atoms with Crippen LogP contribution in [0.3, 0.4) is 0 Å². The van der Waals surface area contributed by atoms with E-state index in [9.17, 15) is 14.7 Å². The first-order chi connectivity index (χ1) is 26.1. The fourth-order valence-electron chi connectivity index (χ4n) is 6.43. The van der Waals surface area contributed by atoms with Crippen LogP contribution in [0.1, 0.15) is 226 Å². The lowest BCUT2D eigenvalue weighted by Gasteiger charge is -2.15. The minimum atomic E-state index is -0.799. The van der Waals surface area contributed by atoms with E-state index >= 15 is 0 Å². The van der Waals surface area contributed by atoms with Crippen LogP contribution in [0.5, 0.6) is 0 Å². The zero-order valence-corrected chi connectivity index (χ0v) is 35.0. The molecule has 0 radical (unpaired) electrons. The van der Waals surface area contributed by atoms with Gasteiger partial charge in [-0.25, -0.2) is 0 Å². The summed E-state index contributed by atoms with van der Waals surface area (Å²) in [5.41, 5.74) is 0. The molecule has 53 heavy (non-hydrogen) atoms. The predicted octanol–water partition coefficient (Wildman–Crippen LogP) is 14.6. The molecule has 0 unspecified atom stereocenters. The molecule has 0 aliphatic rings. The Morgan fingerprint density at radius 3 is 1.19 bits per heavy atom. The first-order valence-corrected chi connectivity index (χ1v) is 22.7. The molecule has 0 saturated heterocycles. The highest BCUT2D eigenvalue weighted by Crippen LogP contribution is 2.15. The lowest BCUT2D eigenvalue weighted by molar-refractivity contribution is -0.161. The van der Waals surface area contributed by atoms with Crippen molar-refractivity contribution in [2.24, 2.45) is 0 Å². The predicted molar refractivity (Wildman–Crippen MR) is 228 cm³/mol. The molecule has 0 aliphatic carbocycles. The fourth-order valence-corrected chi connectivity index (χ4v) is 6.43. The molecule has 0 aromatic rings. The summed E-state index contributed by atoms with van der Waals surface area (Å²) >= 11 is 0. The molecule has 5 heteroatoms. The number of aliphatic hydroxyl groups excluding tert-OH is 1. The van der Waals surface area contributed by atoms with Gasteiger partial charge in [-0.05, 0) is 51.4 Å². The lowest BCUT2D eigenvalue weighted by atomic mass is 10.0. The van der Waals surface area contributed by atoms with E-state index in [-0.39, 0.29) is 31.6 Å². The van der Waals surface area contributed by atoms with E-state index in [0.29, 0.717) is 12.8 Å². The van der Waals surface area contributed by atoms with Gasteiger partial charge < -0.3 is 14.6 Å². The molecule has 0 aromatic carbocycles. The quantitative estimate of drug-likeness (QED) is 0.0384. The lowest BCUT2D eigenvalue weighted by Crippen LogP contribution is -2.28. The molecule has 0 bridgehead atoms. The maximum atomic E-state index is 12.2. The number of rotatable bonds is 41. The van der Waals surface area contributed by atoms with Crippen LogP contribution < -0.4 is 0 Å². The number of allylic oxidation sites excluding steroid dienone is 8. The van der Waals surface area contributed by atoms with E-state index in [4.69, 9.17) is 9.47 Å². The minimum Gasteiger partial charge on any atom is -0.462 e. The highest BCUT2D eigenvalue weighted by Gasteiger charge is 2.16. The van der Waals surface area contributed by atoms with Gasteiger partial charge >= 0.3 is 11.9 Å². The zero-order valence-electron chi connectivity index (χ0n) is 35.0. The van der Waals surface area contributed by atoms with Crippen LogP contribution in [0.15, 0.2) is 48.6 Å². The Morgan fingerprint density at radius 1 is 0.434 bits per heavy atom. The molecule has 1 atom stereocenters. The van der Waals surface area contributed by atoms with Crippen LogP contribution in [0, 0.1) is 0 Å². The highest BCUT2D eigenvalue weighted by atomic mass is 16.6. The molecule has 0 amide bonds. The average Bonchev–Trinajstić information content (AvgIpc) is 3.16. The van der Waals surface area contributed by atoms with Crippen molar-refractivity contribution in [3.05, 3.63) is 48.6 Å². The van der Waals surface area contributed by atoms with Crippen LogP contribution in [-0.4, -0.2) is 36.4 Å². The Balaban J connectivity index is 3.61. The summed E-state index contributed by atoms with van der Waals surface area (Å²) in [6.45, 7) is 4.11. The monoisotopic (exact) mass is 743 g/mol. The summed E-state index contributed by atoms with van der Waals surface area (Å²) in [6.07, 6.45) is 56.2. The highest BCUT2D eigenvalue weighted by molar-refractivity contribution is 5.70. The molecule has 5 nitrogen and oxygen atoms in total. The van der Waals surface area contributed by atoms with Crippen molar-refractivity contribution in [1.82, 2.24) is 0 Å². The second-order valence-corrected chi connectivity index (χ2v) is 15.1. The molecule has 1 N–H and O–H groups in total. The molecule has 0 aromatic heterocycles. The van der Waals surface area contributed by atoms with E-state index in [0.717, 1.165) is 44.9 Å². The van der Waals surface area contributed by atoms with Gasteiger partial charge in [0, 0.05) is 12.8 Å². The van der Waals surface area contributed by atoms with E-state index in [1.54, 1.807) is 0 Å². The second-order valence-electron chi connectivity index (χ2n) is 15.1. The maximum Gasteiger partial charge on any atom is 0.306 e. The van der Waals surface area contributed by atoms with Crippen molar-refractivity contribution in [1.29, 1.82) is 0 Å². The van der Waals surface area contributed by atoms with Crippen molar-refractivity contribution in [3.63, 3.8) is 0 Å². The van der Waals surface area contributed by atoms with E-state index < -0.39 is 6.10 Å². The van der Waals surface area contributed by atoms with Gasteiger partial charge in [0.1, 0.15) is 6.61 Å². The molecular weight excluding hydrogens is 657 g/mol. The van der Waals surface area contributed by atoms with E-state index in [2.05, 4.69) is 62.5 Å². The van der Waals surface area contributed by atoms with Gasteiger partial charge in [0.2, 0.25) is 0 Å². The molecule has 0 spiro atoms. The Labute approximate surface area is 328 Å². The minimum absolute atomic E-state index is 0.0858. The third-order valence-electron chi connectivity index (χ3n) is 9.88. The molecule has 0 saturated carbocycles.